The molecule has 9 nitrogen and oxygen atoms in total. The molecule has 0 aliphatic rings. The average Bonchev–Trinajstić information content (AvgIpc) is 3.00. The van der Waals surface area contributed by atoms with E-state index < -0.39 is 4.92 Å². The summed E-state index contributed by atoms with van der Waals surface area (Å²) in [5.74, 6) is -0.518. The molecule has 0 bridgehead atoms. The van der Waals surface area contributed by atoms with Gasteiger partial charge in [-0.05, 0) is 25.7 Å². The largest absolute Gasteiger partial charge is 0.390 e. The van der Waals surface area contributed by atoms with Gasteiger partial charge < -0.3 is 15.4 Å². The Morgan fingerprint density at radius 3 is 2.68 bits per heavy atom. The van der Waals surface area contributed by atoms with Crippen molar-refractivity contribution in [1.82, 2.24) is 24.9 Å². The van der Waals surface area contributed by atoms with Gasteiger partial charge in [0.15, 0.2) is 0 Å². The zero-order chi connectivity index (χ0) is 16.3. The number of carbonyl (C=O) groups is 1. The minimum atomic E-state index is -0.579. The van der Waals surface area contributed by atoms with E-state index in [1.165, 1.54) is 10.7 Å². The standard InChI is InChI=1S/C13H18N6O3/c1-4-17-10(3)11(7-15-17)6-14-13(20)8-18-9(2)5-12(16-18)19(21)22/h5,7H,4,6,8H2,1-3H3,(H,14,20). The van der Waals surface area contributed by atoms with Crippen molar-refractivity contribution >= 4 is 11.7 Å². The molecule has 0 spiro atoms. The number of hydrogen-bond acceptors (Lipinski definition) is 5. The Hall–Kier alpha value is -2.71. The van der Waals surface area contributed by atoms with Crippen LogP contribution in [0.1, 0.15) is 23.9 Å². The first-order valence-electron chi connectivity index (χ1n) is 6.89. The zero-order valence-electron chi connectivity index (χ0n) is 12.7. The van der Waals surface area contributed by atoms with E-state index >= 15 is 0 Å². The zero-order valence-corrected chi connectivity index (χ0v) is 12.7. The minimum absolute atomic E-state index is 0.0549. The van der Waals surface area contributed by atoms with E-state index in [0.717, 1.165) is 17.8 Å². The van der Waals surface area contributed by atoms with Gasteiger partial charge in [-0.25, -0.2) is 0 Å². The minimum Gasteiger partial charge on any atom is -0.358 e. The first kappa shape index (κ1) is 15.7. The summed E-state index contributed by atoms with van der Waals surface area (Å²) in [4.78, 5) is 22.0. The smallest absolute Gasteiger partial charge is 0.358 e. The lowest BCUT2D eigenvalue weighted by Gasteiger charge is -2.05. The molecule has 2 aromatic heterocycles. The van der Waals surface area contributed by atoms with Crippen LogP contribution in [-0.2, 0) is 24.4 Å². The number of nitro groups is 1. The Bertz CT molecular complexity index is 703. The van der Waals surface area contributed by atoms with Gasteiger partial charge in [0.05, 0.1) is 23.1 Å². The number of aromatic nitrogens is 4. The fourth-order valence-electron chi connectivity index (χ4n) is 2.11. The molecule has 118 valence electrons. The summed E-state index contributed by atoms with van der Waals surface area (Å²) in [6, 6.07) is 1.34. The first-order chi connectivity index (χ1) is 10.4. The van der Waals surface area contributed by atoms with Crippen molar-refractivity contribution in [1.29, 1.82) is 0 Å². The molecule has 0 aliphatic carbocycles. The fourth-order valence-corrected chi connectivity index (χ4v) is 2.11. The second-order valence-corrected chi connectivity index (χ2v) is 4.91. The lowest BCUT2D eigenvalue weighted by Crippen LogP contribution is -2.28. The van der Waals surface area contributed by atoms with E-state index in [9.17, 15) is 14.9 Å². The molecule has 0 radical (unpaired) electrons. The SMILES string of the molecule is CCn1ncc(CNC(=O)Cn2nc([N+](=O)[O-])cc2C)c1C. The molecule has 22 heavy (non-hydrogen) atoms. The number of carbonyl (C=O) groups excluding carboxylic acids is 1. The van der Waals surface area contributed by atoms with E-state index in [1.807, 2.05) is 18.5 Å². The lowest BCUT2D eigenvalue weighted by molar-refractivity contribution is -0.389. The quantitative estimate of drug-likeness (QED) is 0.631. The third kappa shape index (κ3) is 3.30. The summed E-state index contributed by atoms with van der Waals surface area (Å²) >= 11 is 0. The van der Waals surface area contributed by atoms with Crippen LogP contribution in [0.15, 0.2) is 12.3 Å². The van der Waals surface area contributed by atoms with Gasteiger partial charge in [0.1, 0.15) is 6.54 Å². The van der Waals surface area contributed by atoms with Gasteiger partial charge in [-0.3, -0.25) is 9.48 Å². The Morgan fingerprint density at radius 2 is 2.14 bits per heavy atom. The second kappa shape index (κ2) is 6.37. The highest BCUT2D eigenvalue weighted by Gasteiger charge is 2.17. The van der Waals surface area contributed by atoms with Gasteiger partial charge in [-0.2, -0.15) is 9.78 Å². The molecule has 0 aliphatic heterocycles. The maximum atomic E-state index is 11.9. The molecule has 0 unspecified atom stereocenters. The predicted octanol–water partition coefficient (Wildman–Crippen LogP) is 0.941. The lowest BCUT2D eigenvalue weighted by atomic mass is 10.2. The van der Waals surface area contributed by atoms with E-state index in [-0.39, 0.29) is 18.3 Å². The third-order valence-electron chi connectivity index (χ3n) is 3.43. The topological polar surface area (TPSA) is 108 Å². The summed E-state index contributed by atoms with van der Waals surface area (Å²) in [7, 11) is 0. The Balaban J connectivity index is 1.95. The molecule has 2 rings (SSSR count). The molecule has 9 heteroatoms. The van der Waals surface area contributed by atoms with Crippen molar-refractivity contribution in [2.45, 2.75) is 40.4 Å². The van der Waals surface area contributed by atoms with Crippen molar-refractivity contribution in [2.75, 3.05) is 0 Å². The Kier molecular flexibility index (Phi) is 4.54. The first-order valence-corrected chi connectivity index (χ1v) is 6.89. The Labute approximate surface area is 127 Å². The van der Waals surface area contributed by atoms with Crippen molar-refractivity contribution in [3.8, 4) is 0 Å². The molecule has 1 amide bonds. The van der Waals surface area contributed by atoms with Crippen LogP contribution in [-0.4, -0.2) is 30.4 Å². The number of amides is 1. The molecule has 0 saturated heterocycles. The summed E-state index contributed by atoms with van der Waals surface area (Å²) in [5, 5.41) is 21.4. The van der Waals surface area contributed by atoms with Crippen LogP contribution in [0.2, 0.25) is 0 Å². The maximum Gasteiger partial charge on any atom is 0.390 e. The van der Waals surface area contributed by atoms with Crippen LogP contribution in [0.3, 0.4) is 0 Å². The van der Waals surface area contributed by atoms with Crippen LogP contribution in [0.25, 0.3) is 0 Å². The van der Waals surface area contributed by atoms with Gasteiger partial charge in [0, 0.05) is 24.3 Å². The molecule has 2 aromatic rings. The molecular formula is C13H18N6O3. The number of hydrogen-bond donors (Lipinski definition) is 1. The van der Waals surface area contributed by atoms with E-state index in [2.05, 4.69) is 15.5 Å². The van der Waals surface area contributed by atoms with Crippen molar-refractivity contribution in [3.05, 3.63) is 39.3 Å². The molecule has 0 fully saturated rings. The number of aryl methyl sites for hydroxylation is 2. The van der Waals surface area contributed by atoms with Crippen molar-refractivity contribution in [3.63, 3.8) is 0 Å². The van der Waals surface area contributed by atoms with Gasteiger partial charge in [0.2, 0.25) is 5.91 Å². The average molecular weight is 306 g/mol. The van der Waals surface area contributed by atoms with Crippen LogP contribution >= 0.6 is 0 Å². The maximum absolute atomic E-state index is 11.9. The van der Waals surface area contributed by atoms with Crippen LogP contribution in [0, 0.1) is 24.0 Å². The normalized spacial score (nSPS) is 10.7. The van der Waals surface area contributed by atoms with Gasteiger partial charge in [-0.15, -0.1) is 0 Å². The summed E-state index contributed by atoms with van der Waals surface area (Å²) in [6.45, 7) is 6.70. The second-order valence-electron chi connectivity index (χ2n) is 4.91. The predicted molar refractivity (Wildman–Crippen MR) is 78.1 cm³/mol. The van der Waals surface area contributed by atoms with E-state index in [1.54, 1.807) is 13.1 Å². The number of nitrogens with one attached hydrogen (secondary N) is 1. The van der Waals surface area contributed by atoms with Crippen LogP contribution < -0.4 is 5.32 Å². The summed E-state index contributed by atoms with van der Waals surface area (Å²) in [6.07, 6.45) is 1.73. The molecule has 0 saturated carbocycles. The summed E-state index contributed by atoms with van der Waals surface area (Å²) in [5.41, 5.74) is 2.52. The fraction of sp³-hybridized carbons (Fsp3) is 0.462. The van der Waals surface area contributed by atoms with Gasteiger partial charge in [0.25, 0.3) is 0 Å². The van der Waals surface area contributed by atoms with E-state index in [0.29, 0.717) is 12.2 Å². The molecule has 1 N–H and O–H groups in total. The highest BCUT2D eigenvalue weighted by molar-refractivity contribution is 5.75. The van der Waals surface area contributed by atoms with Crippen LogP contribution in [0.5, 0.6) is 0 Å². The molecule has 0 atom stereocenters. The van der Waals surface area contributed by atoms with Gasteiger partial charge >= 0.3 is 5.82 Å². The monoisotopic (exact) mass is 306 g/mol. The number of nitrogens with zero attached hydrogens (tertiary/aromatic N) is 5. The summed E-state index contributed by atoms with van der Waals surface area (Å²) < 4.78 is 3.16. The Morgan fingerprint density at radius 1 is 1.41 bits per heavy atom. The highest BCUT2D eigenvalue weighted by atomic mass is 16.6. The molecule has 2 heterocycles. The molecule has 0 aromatic carbocycles. The van der Waals surface area contributed by atoms with Crippen molar-refractivity contribution < 1.29 is 9.72 Å². The van der Waals surface area contributed by atoms with Gasteiger partial charge in [-0.1, -0.05) is 0 Å². The van der Waals surface area contributed by atoms with Crippen molar-refractivity contribution in [2.24, 2.45) is 0 Å². The van der Waals surface area contributed by atoms with E-state index in [4.69, 9.17) is 0 Å². The van der Waals surface area contributed by atoms with Crippen LogP contribution in [0.4, 0.5) is 5.82 Å². The highest BCUT2D eigenvalue weighted by Crippen LogP contribution is 2.11. The third-order valence-corrected chi connectivity index (χ3v) is 3.43. The number of rotatable bonds is 6. The molecular weight excluding hydrogens is 288 g/mol.